The number of carbonyl (C=O) groups excluding carboxylic acids is 1. The van der Waals surface area contributed by atoms with E-state index in [4.69, 9.17) is 0 Å². The van der Waals surface area contributed by atoms with Gasteiger partial charge in [-0.3, -0.25) is 9.69 Å². The van der Waals surface area contributed by atoms with Crippen LogP contribution in [-0.2, 0) is 17.5 Å². The molecule has 1 unspecified atom stereocenters. The molecule has 2 aromatic rings. The molecule has 0 bridgehead atoms. The number of benzene rings is 1. The molecule has 1 N–H and O–H groups in total. The largest absolute Gasteiger partial charge is 0.416 e. The molecular weight excluding hydrogens is 407 g/mol. The van der Waals surface area contributed by atoms with Gasteiger partial charge in [0.25, 0.3) is 0 Å². The Balaban J connectivity index is 1.22. The van der Waals surface area contributed by atoms with E-state index in [9.17, 15) is 18.0 Å². The maximum Gasteiger partial charge on any atom is 0.416 e. The van der Waals surface area contributed by atoms with E-state index in [1.54, 1.807) is 18.5 Å². The van der Waals surface area contributed by atoms with Crippen LogP contribution in [0.3, 0.4) is 0 Å². The number of likely N-dealkylation sites (tertiary alicyclic amines) is 1. The molecule has 3 heterocycles. The Kier molecular flexibility index (Phi) is 6.41. The Morgan fingerprint density at radius 3 is 2.35 bits per heavy atom. The van der Waals surface area contributed by atoms with Gasteiger partial charge in [0.1, 0.15) is 0 Å². The van der Waals surface area contributed by atoms with Gasteiger partial charge in [0.2, 0.25) is 11.9 Å². The van der Waals surface area contributed by atoms with Crippen LogP contribution in [0.15, 0.2) is 42.7 Å². The highest BCUT2D eigenvalue weighted by atomic mass is 19.4. The van der Waals surface area contributed by atoms with E-state index in [1.807, 2.05) is 0 Å². The molecule has 6 nitrogen and oxygen atoms in total. The van der Waals surface area contributed by atoms with Crippen molar-refractivity contribution >= 4 is 11.9 Å². The number of piperidine rings is 1. The summed E-state index contributed by atoms with van der Waals surface area (Å²) < 4.78 is 38.1. The van der Waals surface area contributed by atoms with Crippen LogP contribution in [0.4, 0.5) is 19.1 Å². The summed E-state index contributed by atoms with van der Waals surface area (Å²) in [5.74, 6) is 0.787. The number of amides is 1. The van der Waals surface area contributed by atoms with Crippen molar-refractivity contribution in [3.05, 3.63) is 53.9 Å². The first-order valence-corrected chi connectivity index (χ1v) is 10.6. The molecule has 2 fully saturated rings. The summed E-state index contributed by atoms with van der Waals surface area (Å²) in [7, 11) is 0. The molecule has 31 heavy (non-hydrogen) atoms. The Labute approximate surface area is 179 Å². The van der Waals surface area contributed by atoms with Gasteiger partial charge in [-0.05, 0) is 43.0 Å². The van der Waals surface area contributed by atoms with Crippen LogP contribution in [-0.4, -0.2) is 53.0 Å². The third-order valence-corrected chi connectivity index (χ3v) is 6.01. The van der Waals surface area contributed by atoms with Crippen molar-refractivity contribution in [1.29, 1.82) is 0 Å². The zero-order valence-corrected chi connectivity index (χ0v) is 17.2. The van der Waals surface area contributed by atoms with Gasteiger partial charge in [0, 0.05) is 57.1 Å². The lowest BCUT2D eigenvalue weighted by Crippen LogP contribution is -2.45. The molecule has 166 valence electrons. The second-order valence-corrected chi connectivity index (χ2v) is 8.23. The number of hydrogen-bond acceptors (Lipinski definition) is 5. The van der Waals surface area contributed by atoms with E-state index in [0.29, 0.717) is 19.0 Å². The minimum Gasteiger partial charge on any atom is -0.352 e. The van der Waals surface area contributed by atoms with Crippen LogP contribution in [0.2, 0.25) is 0 Å². The Morgan fingerprint density at radius 1 is 1.03 bits per heavy atom. The first-order chi connectivity index (χ1) is 14.9. The van der Waals surface area contributed by atoms with Crippen molar-refractivity contribution in [2.24, 2.45) is 5.92 Å². The number of carbonyl (C=O) groups is 1. The molecule has 0 radical (unpaired) electrons. The van der Waals surface area contributed by atoms with Crippen molar-refractivity contribution in [1.82, 2.24) is 20.2 Å². The Bertz CT molecular complexity index is 867. The molecule has 0 saturated carbocycles. The fourth-order valence-corrected chi connectivity index (χ4v) is 4.27. The molecule has 9 heteroatoms. The summed E-state index contributed by atoms with van der Waals surface area (Å²) in [5.41, 5.74) is 0.211. The number of nitrogens with zero attached hydrogens (tertiary/aromatic N) is 4. The topological polar surface area (TPSA) is 61.4 Å². The van der Waals surface area contributed by atoms with Gasteiger partial charge >= 0.3 is 6.18 Å². The number of nitrogens with one attached hydrogen (secondary N) is 1. The molecule has 4 rings (SSSR count). The van der Waals surface area contributed by atoms with Crippen molar-refractivity contribution in [2.75, 3.05) is 31.1 Å². The predicted molar refractivity (Wildman–Crippen MR) is 110 cm³/mol. The standard InChI is InChI=1S/C22H26F3N5O/c23-22(24,25)18-4-2-16(3-5-18)14-29-11-8-19(15-29)28-20(31)17-6-12-30(13-7-17)21-26-9-1-10-27-21/h1-5,9-10,17,19H,6-8,11-15H2,(H,28,31). The van der Waals surface area contributed by atoms with Crippen molar-refractivity contribution in [3.63, 3.8) is 0 Å². The number of rotatable bonds is 5. The van der Waals surface area contributed by atoms with E-state index in [1.165, 1.54) is 12.1 Å². The van der Waals surface area contributed by atoms with Gasteiger partial charge in [-0.2, -0.15) is 13.2 Å². The average molecular weight is 433 g/mol. The van der Waals surface area contributed by atoms with Gasteiger partial charge in [-0.15, -0.1) is 0 Å². The van der Waals surface area contributed by atoms with Gasteiger partial charge in [0.05, 0.1) is 5.56 Å². The van der Waals surface area contributed by atoms with E-state index in [0.717, 1.165) is 56.6 Å². The monoisotopic (exact) mass is 433 g/mol. The van der Waals surface area contributed by atoms with Gasteiger partial charge in [-0.1, -0.05) is 12.1 Å². The first kappa shape index (κ1) is 21.5. The fraction of sp³-hybridized carbons (Fsp3) is 0.500. The minimum absolute atomic E-state index is 0.0103. The van der Waals surface area contributed by atoms with Crippen LogP contribution < -0.4 is 10.2 Å². The van der Waals surface area contributed by atoms with Gasteiger partial charge in [-0.25, -0.2) is 9.97 Å². The maximum absolute atomic E-state index is 12.7. The summed E-state index contributed by atoms with van der Waals surface area (Å²) in [6.07, 6.45) is 1.52. The maximum atomic E-state index is 12.7. The normalized spacial score (nSPS) is 20.7. The molecule has 2 saturated heterocycles. The van der Waals surface area contributed by atoms with E-state index in [-0.39, 0.29) is 17.9 Å². The molecule has 1 aromatic carbocycles. The summed E-state index contributed by atoms with van der Waals surface area (Å²) >= 11 is 0. The van der Waals surface area contributed by atoms with Crippen LogP contribution in [0.1, 0.15) is 30.4 Å². The summed E-state index contributed by atoms with van der Waals surface area (Å²) in [6, 6.07) is 7.16. The Morgan fingerprint density at radius 2 is 1.71 bits per heavy atom. The number of anilines is 1. The lowest BCUT2D eigenvalue weighted by atomic mass is 9.95. The fourth-order valence-electron chi connectivity index (χ4n) is 4.27. The summed E-state index contributed by atoms with van der Waals surface area (Å²) in [4.78, 5) is 25.5. The lowest BCUT2D eigenvalue weighted by Gasteiger charge is -2.31. The molecule has 2 aliphatic rings. The second-order valence-electron chi connectivity index (χ2n) is 8.23. The van der Waals surface area contributed by atoms with Gasteiger partial charge in [0.15, 0.2) is 0 Å². The smallest absolute Gasteiger partial charge is 0.352 e. The predicted octanol–water partition coefficient (Wildman–Crippen LogP) is 3.10. The third kappa shape index (κ3) is 5.52. The zero-order valence-electron chi connectivity index (χ0n) is 17.2. The lowest BCUT2D eigenvalue weighted by molar-refractivity contribution is -0.137. The molecule has 0 spiro atoms. The number of alkyl halides is 3. The highest BCUT2D eigenvalue weighted by molar-refractivity contribution is 5.79. The molecule has 2 aliphatic heterocycles. The number of halogens is 3. The highest BCUT2D eigenvalue weighted by Crippen LogP contribution is 2.29. The van der Waals surface area contributed by atoms with Crippen molar-refractivity contribution < 1.29 is 18.0 Å². The van der Waals surface area contributed by atoms with Crippen LogP contribution in [0.5, 0.6) is 0 Å². The zero-order chi connectivity index (χ0) is 21.8. The molecule has 1 amide bonds. The van der Waals surface area contributed by atoms with Crippen molar-refractivity contribution in [3.8, 4) is 0 Å². The average Bonchev–Trinajstić information content (AvgIpc) is 3.21. The molecule has 0 aliphatic carbocycles. The van der Waals surface area contributed by atoms with E-state index in [2.05, 4.69) is 25.1 Å². The van der Waals surface area contributed by atoms with Crippen LogP contribution >= 0.6 is 0 Å². The second kappa shape index (κ2) is 9.21. The van der Waals surface area contributed by atoms with E-state index < -0.39 is 11.7 Å². The summed E-state index contributed by atoms with van der Waals surface area (Å²) in [6.45, 7) is 3.62. The number of aromatic nitrogens is 2. The molecule has 1 atom stereocenters. The van der Waals surface area contributed by atoms with Gasteiger partial charge < -0.3 is 10.2 Å². The first-order valence-electron chi connectivity index (χ1n) is 10.6. The highest BCUT2D eigenvalue weighted by Gasteiger charge is 2.31. The van der Waals surface area contributed by atoms with Crippen LogP contribution in [0, 0.1) is 5.92 Å². The molecule has 1 aromatic heterocycles. The molecular formula is C22H26F3N5O. The minimum atomic E-state index is -4.31. The van der Waals surface area contributed by atoms with Crippen molar-refractivity contribution in [2.45, 2.75) is 38.0 Å². The SMILES string of the molecule is O=C(NC1CCN(Cc2ccc(C(F)(F)F)cc2)C1)C1CCN(c2ncccn2)CC1. The third-order valence-electron chi connectivity index (χ3n) is 6.01. The van der Waals surface area contributed by atoms with Crippen LogP contribution in [0.25, 0.3) is 0 Å². The summed E-state index contributed by atoms with van der Waals surface area (Å²) in [5, 5.41) is 3.17. The Hall–Kier alpha value is -2.68. The quantitative estimate of drug-likeness (QED) is 0.785. The van der Waals surface area contributed by atoms with E-state index >= 15 is 0 Å². The number of hydrogen-bond donors (Lipinski definition) is 1.